The molecule has 19 heavy (non-hydrogen) atoms. The molecule has 0 unspecified atom stereocenters. The summed E-state index contributed by atoms with van der Waals surface area (Å²) in [5.74, 6) is -1.13. The van der Waals surface area contributed by atoms with Gasteiger partial charge in [0, 0.05) is 18.8 Å². The molecule has 0 saturated carbocycles. The van der Waals surface area contributed by atoms with Crippen LogP contribution in [0.1, 0.15) is 19.3 Å². The van der Waals surface area contributed by atoms with Gasteiger partial charge in [-0.25, -0.2) is 0 Å². The van der Waals surface area contributed by atoms with Gasteiger partial charge in [0.15, 0.2) is 0 Å². The first-order chi connectivity index (χ1) is 9.08. The second-order valence-corrected chi connectivity index (χ2v) is 4.95. The molecule has 1 aliphatic heterocycles. The van der Waals surface area contributed by atoms with E-state index in [1.165, 1.54) is 6.07 Å². The van der Waals surface area contributed by atoms with Crippen molar-refractivity contribution in [3.05, 3.63) is 23.2 Å². The molecule has 0 aliphatic carbocycles. The third-order valence-corrected chi connectivity index (χ3v) is 3.42. The summed E-state index contributed by atoms with van der Waals surface area (Å²) in [6.07, 6.45) is 3.01. The SMILES string of the molecule is Nc1ccc(NC(=O)C(=O)N2CCCCC2)cc1Cl. The number of nitrogens with two attached hydrogens (primary N) is 1. The van der Waals surface area contributed by atoms with E-state index >= 15 is 0 Å². The van der Waals surface area contributed by atoms with Gasteiger partial charge in [-0.3, -0.25) is 9.59 Å². The van der Waals surface area contributed by atoms with Crippen LogP contribution < -0.4 is 11.1 Å². The number of carbonyl (C=O) groups excluding carboxylic acids is 2. The Morgan fingerprint density at radius 1 is 1.21 bits per heavy atom. The van der Waals surface area contributed by atoms with E-state index in [2.05, 4.69) is 5.32 Å². The van der Waals surface area contributed by atoms with Gasteiger partial charge in [0.1, 0.15) is 0 Å². The summed E-state index contributed by atoms with van der Waals surface area (Å²) >= 11 is 5.85. The zero-order chi connectivity index (χ0) is 13.8. The van der Waals surface area contributed by atoms with Crippen LogP contribution in [0.2, 0.25) is 5.02 Å². The van der Waals surface area contributed by atoms with Gasteiger partial charge in [-0.15, -0.1) is 0 Å². The number of benzene rings is 1. The van der Waals surface area contributed by atoms with Crippen LogP contribution in [0.3, 0.4) is 0 Å². The van der Waals surface area contributed by atoms with Crippen molar-refractivity contribution in [2.24, 2.45) is 0 Å². The highest BCUT2D eigenvalue weighted by atomic mass is 35.5. The van der Waals surface area contributed by atoms with Crippen LogP contribution in [-0.2, 0) is 9.59 Å². The average molecular weight is 282 g/mol. The molecule has 3 N–H and O–H groups in total. The maximum atomic E-state index is 11.9. The molecule has 1 saturated heterocycles. The molecule has 5 nitrogen and oxygen atoms in total. The van der Waals surface area contributed by atoms with Crippen molar-refractivity contribution in [3.8, 4) is 0 Å². The Balaban J connectivity index is 1.99. The Bertz CT molecular complexity index is 499. The number of piperidine rings is 1. The number of likely N-dealkylation sites (tertiary alicyclic amines) is 1. The molecular weight excluding hydrogens is 266 g/mol. The molecule has 1 fully saturated rings. The lowest BCUT2D eigenvalue weighted by molar-refractivity contribution is -0.143. The maximum absolute atomic E-state index is 11.9. The maximum Gasteiger partial charge on any atom is 0.313 e. The number of hydrogen-bond donors (Lipinski definition) is 2. The second kappa shape index (κ2) is 5.93. The van der Waals surface area contributed by atoms with Gasteiger partial charge in [-0.2, -0.15) is 0 Å². The minimum atomic E-state index is -0.636. The zero-order valence-electron chi connectivity index (χ0n) is 10.5. The predicted octanol–water partition coefficient (Wildman–Crippen LogP) is 1.87. The molecule has 1 aromatic rings. The fourth-order valence-corrected chi connectivity index (χ4v) is 2.21. The van der Waals surface area contributed by atoms with E-state index in [-0.39, 0.29) is 0 Å². The number of rotatable bonds is 1. The van der Waals surface area contributed by atoms with Crippen molar-refractivity contribution >= 4 is 34.8 Å². The van der Waals surface area contributed by atoms with Crippen molar-refractivity contribution in [3.63, 3.8) is 0 Å². The van der Waals surface area contributed by atoms with E-state index in [0.717, 1.165) is 19.3 Å². The summed E-state index contributed by atoms with van der Waals surface area (Å²) in [4.78, 5) is 25.3. The van der Waals surface area contributed by atoms with Crippen molar-refractivity contribution in [2.75, 3.05) is 24.1 Å². The molecule has 1 aliphatic rings. The van der Waals surface area contributed by atoms with Gasteiger partial charge in [-0.1, -0.05) is 11.6 Å². The van der Waals surface area contributed by atoms with Crippen molar-refractivity contribution in [2.45, 2.75) is 19.3 Å². The Morgan fingerprint density at radius 2 is 1.89 bits per heavy atom. The highest BCUT2D eigenvalue weighted by Crippen LogP contribution is 2.22. The fourth-order valence-electron chi connectivity index (χ4n) is 2.03. The molecule has 2 rings (SSSR count). The minimum absolute atomic E-state index is 0.350. The Hall–Kier alpha value is -1.75. The van der Waals surface area contributed by atoms with Crippen molar-refractivity contribution in [1.82, 2.24) is 4.90 Å². The van der Waals surface area contributed by atoms with E-state index in [4.69, 9.17) is 17.3 Å². The number of anilines is 2. The number of nitrogen functional groups attached to an aromatic ring is 1. The molecule has 2 amide bonds. The summed E-state index contributed by atoms with van der Waals surface area (Å²) in [7, 11) is 0. The molecule has 0 atom stereocenters. The first kappa shape index (κ1) is 13.7. The topological polar surface area (TPSA) is 75.4 Å². The number of amides is 2. The third-order valence-electron chi connectivity index (χ3n) is 3.10. The largest absolute Gasteiger partial charge is 0.398 e. The summed E-state index contributed by atoms with van der Waals surface area (Å²) in [5, 5.41) is 2.89. The smallest absolute Gasteiger partial charge is 0.313 e. The molecule has 1 aromatic carbocycles. The summed E-state index contributed by atoms with van der Waals surface area (Å²) in [5.41, 5.74) is 6.48. The molecule has 1 heterocycles. The van der Waals surface area contributed by atoms with E-state index in [0.29, 0.717) is 29.5 Å². The summed E-state index contributed by atoms with van der Waals surface area (Å²) in [6, 6.07) is 4.73. The van der Waals surface area contributed by atoms with E-state index in [1.54, 1.807) is 17.0 Å². The van der Waals surface area contributed by atoms with E-state index < -0.39 is 11.8 Å². The Kier molecular flexibility index (Phi) is 4.27. The Labute approximate surface area is 116 Å². The van der Waals surface area contributed by atoms with Crippen LogP contribution >= 0.6 is 11.6 Å². The molecule has 0 aromatic heterocycles. The molecule has 102 valence electrons. The molecule has 6 heteroatoms. The molecular formula is C13H16ClN3O2. The van der Waals surface area contributed by atoms with Gasteiger partial charge in [0.25, 0.3) is 0 Å². The first-order valence-corrected chi connectivity index (χ1v) is 6.61. The van der Waals surface area contributed by atoms with Crippen LogP contribution in [0.4, 0.5) is 11.4 Å². The third kappa shape index (κ3) is 3.38. The van der Waals surface area contributed by atoms with Gasteiger partial charge in [0.05, 0.1) is 10.7 Å². The van der Waals surface area contributed by atoms with E-state index in [1.807, 2.05) is 0 Å². The molecule has 0 bridgehead atoms. The zero-order valence-corrected chi connectivity index (χ0v) is 11.2. The van der Waals surface area contributed by atoms with Gasteiger partial charge in [0.2, 0.25) is 0 Å². The lowest BCUT2D eigenvalue weighted by Gasteiger charge is -2.25. The van der Waals surface area contributed by atoms with Gasteiger partial charge in [-0.05, 0) is 37.5 Å². The molecule has 0 radical (unpaired) electrons. The average Bonchev–Trinajstić information content (AvgIpc) is 2.43. The van der Waals surface area contributed by atoms with Crippen molar-refractivity contribution in [1.29, 1.82) is 0 Å². The minimum Gasteiger partial charge on any atom is -0.398 e. The Morgan fingerprint density at radius 3 is 2.53 bits per heavy atom. The van der Waals surface area contributed by atoms with Crippen LogP contribution in [0, 0.1) is 0 Å². The number of hydrogen-bond acceptors (Lipinski definition) is 3. The number of nitrogens with zero attached hydrogens (tertiary/aromatic N) is 1. The lowest BCUT2D eigenvalue weighted by Crippen LogP contribution is -2.42. The highest BCUT2D eigenvalue weighted by molar-refractivity contribution is 6.40. The number of nitrogens with one attached hydrogen (secondary N) is 1. The quantitative estimate of drug-likeness (QED) is 0.609. The monoisotopic (exact) mass is 281 g/mol. The van der Waals surface area contributed by atoms with Gasteiger partial charge >= 0.3 is 11.8 Å². The summed E-state index contributed by atoms with van der Waals surface area (Å²) in [6.45, 7) is 1.30. The van der Waals surface area contributed by atoms with E-state index in [9.17, 15) is 9.59 Å². The van der Waals surface area contributed by atoms with Crippen LogP contribution in [0.5, 0.6) is 0 Å². The summed E-state index contributed by atoms with van der Waals surface area (Å²) < 4.78 is 0. The fraction of sp³-hybridized carbons (Fsp3) is 0.385. The standard InChI is InChI=1S/C13H16ClN3O2/c14-10-8-9(4-5-11(10)15)16-12(18)13(19)17-6-2-1-3-7-17/h4-5,8H,1-3,6-7,15H2,(H,16,18). The first-order valence-electron chi connectivity index (χ1n) is 6.23. The van der Waals surface area contributed by atoms with Gasteiger partial charge < -0.3 is 16.0 Å². The van der Waals surface area contributed by atoms with Crippen LogP contribution in [0.25, 0.3) is 0 Å². The van der Waals surface area contributed by atoms with Crippen LogP contribution in [-0.4, -0.2) is 29.8 Å². The van der Waals surface area contributed by atoms with Crippen molar-refractivity contribution < 1.29 is 9.59 Å². The van der Waals surface area contributed by atoms with Crippen LogP contribution in [0.15, 0.2) is 18.2 Å². The highest BCUT2D eigenvalue weighted by Gasteiger charge is 2.23. The molecule has 0 spiro atoms. The lowest BCUT2D eigenvalue weighted by atomic mass is 10.1. The predicted molar refractivity (Wildman–Crippen MR) is 74.9 cm³/mol. The normalized spacial score (nSPS) is 15.1. The second-order valence-electron chi connectivity index (χ2n) is 4.54. The number of carbonyl (C=O) groups is 2. The number of halogens is 1.